The van der Waals surface area contributed by atoms with E-state index in [1.807, 2.05) is 26.1 Å². The number of halogens is 1. The van der Waals surface area contributed by atoms with Gasteiger partial charge < -0.3 is 9.52 Å². The molecule has 0 saturated carbocycles. The van der Waals surface area contributed by atoms with Crippen molar-refractivity contribution in [2.75, 3.05) is 6.61 Å². The van der Waals surface area contributed by atoms with Gasteiger partial charge >= 0.3 is 0 Å². The van der Waals surface area contributed by atoms with Gasteiger partial charge in [0.15, 0.2) is 0 Å². The summed E-state index contributed by atoms with van der Waals surface area (Å²) >= 11 is 6.32. The van der Waals surface area contributed by atoms with Gasteiger partial charge in [-0.3, -0.25) is 9.58 Å². The summed E-state index contributed by atoms with van der Waals surface area (Å²) in [5, 5.41) is 14.6. The molecule has 0 fully saturated rings. The maximum atomic E-state index is 9.62. The highest BCUT2D eigenvalue weighted by atomic mass is 35.5. The first-order valence-electron chi connectivity index (χ1n) is 7.12. The Bertz CT molecular complexity index is 562. The predicted molar refractivity (Wildman–Crippen MR) is 82.1 cm³/mol. The van der Waals surface area contributed by atoms with E-state index in [2.05, 4.69) is 16.9 Å². The van der Waals surface area contributed by atoms with E-state index in [1.54, 1.807) is 10.9 Å². The van der Waals surface area contributed by atoms with E-state index in [1.165, 1.54) is 0 Å². The van der Waals surface area contributed by atoms with Crippen LogP contribution < -0.4 is 0 Å². The molecule has 0 unspecified atom stereocenters. The Morgan fingerprint density at radius 1 is 1.48 bits per heavy atom. The molecule has 21 heavy (non-hydrogen) atoms. The van der Waals surface area contributed by atoms with E-state index in [0.717, 1.165) is 23.4 Å². The number of furan rings is 1. The van der Waals surface area contributed by atoms with Crippen LogP contribution in [0.15, 0.2) is 22.8 Å². The largest absolute Gasteiger partial charge is 0.468 e. The standard InChI is InChI=1S/C15H22ClN3O2/c1-4-12(10-20)19(8-13-6-5-7-21-13)9-14-11(2)17-18(3)15(14)16/h5-7,12,20H,4,8-10H2,1-3H3/t12-/m1/s1. The number of nitrogens with zero attached hydrogens (tertiary/aromatic N) is 3. The molecule has 0 amide bonds. The summed E-state index contributed by atoms with van der Waals surface area (Å²) in [6.45, 7) is 5.39. The summed E-state index contributed by atoms with van der Waals surface area (Å²) in [6, 6.07) is 3.87. The monoisotopic (exact) mass is 311 g/mol. The Morgan fingerprint density at radius 2 is 2.24 bits per heavy atom. The van der Waals surface area contributed by atoms with Crippen molar-refractivity contribution in [3.63, 3.8) is 0 Å². The van der Waals surface area contributed by atoms with Crippen molar-refractivity contribution in [3.8, 4) is 0 Å². The summed E-state index contributed by atoms with van der Waals surface area (Å²) < 4.78 is 7.11. The lowest BCUT2D eigenvalue weighted by Gasteiger charge is -2.29. The molecule has 0 saturated heterocycles. The van der Waals surface area contributed by atoms with Crippen LogP contribution in [-0.2, 0) is 20.1 Å². The van der Waals surface area contributed by atoms with Gasteiger partial charge in [-0.15, -0.1) is 0 Å². The molecule has 116 valence electrons. The highest BCUT2D eigenvalue weighted by molar-refractivity contribution is 6.30. The Kier molecular flexibility index (Phi) is 5.45. The van der Waals surface area contributed by atoms with E-state index in [9.17, 15) is 5.11 Å². The van der Waals surface area contributed by atoms with Crippen molar-refractivity contribution in [2.24, 2.45) is 7.05 Å². The molecule has 0 radical (unpaired) electrons. The number of hydrogen-bond donors (Lipinski definition) is 1. The summed E-state index contributed by atoms with van der Waals surface area (Å²) in [7, 11) is 1.83. The molecule has 0 aliphatic heterocycles. The fourth-order valence-corrected chi connectivity index (χ4v) is 2.71. The summed E-state index contributed by atoms with van der Waals surface area (Å²) in [6.07, 6.45) is 2.52. The quantitative estimate of drug-likeness (QED) is 0.854. The summed E-state index contributed by atoms with van der Waals surface area (Å²) in [4.78, 5) is 2.18. The van der Waals surface area contributed by atoms with E-state index < -0.39 is 0 Å². The number of aliphatic hydroxyl groups excluding tert-OH is 1. The first-order chi connectivity index (χ1) is 10.1. The number of aromatic nitrogens is 2. The second-order valence-corrected chi connectivity index (χ2v) is 5.57. The highest BCUT2D eigenvalue weighted by Gasteiger charge is 2.21. The molecular formula is C15H22ClN3O2. The zero-order valence-electron chi connectivity index (χ0n) is 12.7. The van der Waals surface area contributed by atoms with E-state index in [-0.39, 0.29) is 12.6 Å². The van der Waals surface area contributed by atoms with Crippen LogP contribution in [0.25, 0.3) is 0 Å². The van der Waals surface area contributed by atoms with Crippen molar-refractivity contribution < 1.29 is 9.52 Å². The van der Waals surface area contributed by atoms with Gasteiger partial charge in [0.25, 0.3) is 0 Å². The second kappa shape index (κ2) is 7.11. The van der Waals surface area contributed by atoms with Crippen molar-refractivity contribution in [3.05, 3.63) is 40.6 Å². The summed E-state index contributed by atoms with van der Waals surface area (Å²) in [5.41, 5.74) is 1.91. The van der Waals surface area contributed by atoms with Crippen LogP contribution in [0.4, 0.5) is 0 Å². The molecular weight excluding hydrogens is 290 g/mol. The molecule has 2 heterocycles. The third-order valence-electron chi connectivity index (χ3n) is 3.77. The lowest BCUT2D eigenvalue weighted by Crippen LogP contribution is -2.36. The number of aliphatic hydroxyl groups is 1. The maximum absolute atomic E-state index is 9.62. The molecule has 2 rings (SSSR count). The van der Waals surface area contributed by atoms with Crippen molar-refractivity contribution >= 4 is 11.6 Å². The van der Waals surface area contributed by atoms with Gasteiger partial charge in [-0.1, -0.05) is 18.5 Å². The fourth-order valence-electron chi connectivity index (χ4n) is 2.48. The molecule has 0 aliphatic rings. The van der Waals surface area contributed by atoms with E-state index in [4.69, 9.17) is 16.0 Å². The van der Waals surface area contributed by atoms with Crippen molar-refractivity contribution in [1.82, 2.24) is 14.7 Å². The van der Waals surface area contributed by atoms with E-state index in [0.29, 0.717) is 18.2 Å². The second-order valence-electron chi connectivity index (χ2n) is 5.21. The SMILES string of the molecule is CC[C@H](CO)N(Cc1ccco1)Cc1c(C)nn(C)c1Cl. The third-order valence-corrected chi connectivity index (χ3v) is 4.24. The molecule has 2 aromatic heterocycles. The minimum Gasteiger partial charge on any atom is -0.468 e. The van der Waals surface area contributed by atoms with Crippen LogP contribution in [0.3, 0.4) is 0 Å². The van der Waals surface area contributed by atoms with Crippen LogP contribution in [0.5, 0.6) is 0 Å². The minimum atomic E-state index is 0.0609. The van der Waals surface area contributed by atoms with Gasteiger partial charge in [-0.05, 0) is 25.5 Å². The topological polar surface area (TPSA) is 54.4 Å². The number of rotatable bonds is 7. The lowest BCUT2D eigenvalue weighted by molar-refractivity contribution is 0.0997. The summed E-state index contributed by atoms with van der Waals surface area (Å²) in [5.74, 6) is 0.875. The average Bonchev–Trinajstić information content (AvgIpc) is 3.04. The molecule has 1 atom stereocenters. The van der Waals surface area contributed by atoms with Gasteiger partial charge in [-0.25, -0.2) is 0 Å². The molecule has 0 aliphatic carbocycles. The minimum absolute atomic E-state index is 0.0609. The fraction of sp³-hybridized carbons (Fsp3) is 0.533. The van der Waals surface area contributed by atoms with Gasteiger partial charge in [0.05, 0.1) is 25.1 Å². The third kappa shape index (κ3) is 3.67. The highest BCUT2D eigenvalue weighted by Crippen LogP contribution is 2.23. The molecule has 0 aromatic carbocycles. The number of hydrogen-bond acceptors (Lipinski definition) is 4. The van der Waals surface area contributed by atoms with Crippen molar-refractivity contribution in [1.29, 1.82) is 0 Å². The van der Waals surface area contributed by atoms with Crippen LogP contribution in [0.2, 0.25) is 5.15 Å². The molecule has 2 aromatic rings. The first kappa shape index (κ1) is 16.1. The van der Waals surface area contributed by atoms with E-state index >= 15 is 0 Å². The Balaban J connectivity index is 2.22. The normalized spacial score (nSPS) is 13.0. The average molecular weight is 312 g/mol. The first-order valence-corrected chi connectivity index (χ1v) is 7.49. The van der Waals surface area contributed by atoms with Gasteiger partial charge in [0.2, 0.25) is 0 Å². The van der Waals surface area contributed by atoms with Crippen LogP contribution in [0, 0.1) is 6.92 Å². The molecule has 5 nitrogen and oxygen atoms in total. The van der Waals surface area contributed by atoms with Crippen LogP contribution in [0.1, 0.15) is 30.4 Å². The lowest BCUT2D eigenvalue weighted by atomic mass is 10.1. The number of aryl methyl sites for hydroxylation is 2. The Labute approximate surface area is 130 Å². The van der Waals surface area contributed by atoms with Gasteiger partial charge in [0.1, 0.15) is 10.9 Å². The van der Waals surface area contributed by atoms with Gasteiger partial charge in [-0.2, -0.15) is 5.10 Å². The Hall–Kier alpha value is -1.30. The van der Waals surface area contributed by atoms with Crippen molar-refractivity contribution in [2.45, 2.75) is 39.4 Å². The molecule has 6 heteroatoms. The molecule has 0 spiro atoms. The molecule has 1 N–H and O–H groups in total. The molecule has 0 bridgehead atoms. The maximum Gasteiger partial charge on any atom is 0.131 e. The zero-order valence-corrected chi connectivity index (χ0v) is 13.5. The van der Waals surface area contributed by atoms with Gasteiger partial charge in [0, 0.05) is 25.2 Å². The van der Waals surface area contributed by atoms with Crippen LogP contribution in [-0.4, -0.2) is 32.4 Å². The van der Waals surface area contributed by atoms with Crippen LogP contribution >= 0.6 is 11.6 Å². The smallest absolute Gasteiger partial charge is 0.131 e. The predicted octanol–water partition coefficient (Wildman–Crippen LogP) is 2.75. The zero-order chi connectivity index (χ0) is 15.4. The Morgan fingerprint density at radius 3 is 2.71 bits per heavy atom.